The van der Waals surface area contributed by atoms with E-state index in [1.54, 1.807) is 6.20 Å². The number of aromatic nitrogens is 3. The van der Waals surface area contributed by atoms with E-state index in [-0.39, 0.29) is 0 Å². The first-order valence-electron chi connectivity index (χ1n) is 5.52. The summed E-state index contributed by atoms with van der Waals surface area (Å²) in [5.74, 6) is 1.86. The maximum Gasteiger partial charge on any atom is 0.177 e. The molecule has 0 aliphatic heterocycles. The summed E-state index contributed by atoms with van der Waals surface area (Å²) in [6, 6.07) is 2.00. The Morgan fingerprint density at radius 1 is 1.50 bits per heavy atom. The first-order valence-corrected chi connectivity index (χ1v) is 6.31. The van der Waals surface area contributed by atoms with E-state index >= 15 is 0 Å². The van der Waals surface area contributed by atoms with E-state index in [9.17, 15) is 0 Å². The van der Waals surface area contributed by atoms with Crippen molar-refractivity contribution in [2.45, 2.75) is 19.4 Å². The Morgan fingerprint density at radius 3 is 3.19 bits per heavy atom. The Morgan fingerprint density at radius 2 is 2.38 bits per heavy atom. The molecule has 0 saturated heterocycles. The van der Waals surface area contributed by atoms with Crippen molar-refractivity contribution in [2.75, 3.05) is 6.54 Å². The van der Waals surface area contributed by atoms with Crippen LogP contribution in [0, 0.1) is 5.92 Å². The molecule has 0 radical (unpaired) electrons. The second kappa shape index (κ2) is 4.14. The summed E-state index contributed by atoms with van der Waals surface area (Å²) in [5, 5.41) is 3.41. The molecule has 0 spiro atoms. The van der Waals surface area contributed by atoms with Crippen LogP contribution in [-0.4, -0.2) is 21.5 Å². The number of aromatic amines is 1. The Balaban J connectivity index is 1.71. The fraction of sp³-hybridized carbons (Fsp3) is 0.455. The van der Waals surface area contributed by atoms with E-state index in [1.807, 2.05) is 6.07 Å². The number of nitrogens with one attached hydrogen (secondary N) is 2. The highest BCUT2D eigenvalue weighted by molar-refractivity contribution is 9.10. The normalized spacial score (nSPS) is 15.8. The molecule has 2 heterocycles. The van der Waals surface area contributed by atoms with Gasteiger partial charge < -0.3 is 10.3 Å². The molecule has 2 aromatic heterocycles. The van der Waals surface area contributed by atoms with Gasteiger partial charge in [0, 0.05) is 10.7 Å². The summed E-state index contributed by atoms with van der Waals surface area (Å²) in [5.41, 5.74) is 1.77. The Bertz CT molecular complexity index is 504. The van der Waals surface area contributed by atoms with Crippen LogP contribution in [-0.2, 0) is 6.54 Å². The lowest BCUT2D eigenvalue weighted by Gasteiger charge is -1.98. The zero-order valence-corrected chi connectivity index (χ0v) is 10.4. The van der Waals surface area contributed by atoms with Gasteiger partial charge in [-0.2, -0.15) is 0 Å². The van der Waals surface area contributed by atoms with E-state index in [2.05, 4.69) is 36.2 Å². The number of rotatable bonds is 4. The molecule has 0 unspecified atom stereocenters. The van der Waals surface area contributed by atoms with Gasteiger partial charge in [0.25, 0.3) is 0 Å². The van der Waals surface area contributed by atoms with Crippen molar-refractivity contribution in [3.8, 4) is 0 Å². The standard InChI is InChI=1S/C11H13BrN4/c12-8-3-9-11(14-5-8)16-10(15-9)6-13-4-7-1-2-7/h3,5,7,13H,1-2,4,6H2,(H,14,15,16). The number of pyridine rings is 1. The number of H-pyrrole nitrogens is 1. The van der Waals surface area contributed by atoms with Gasteiger partial charge in [0.15, 0.2) is 5.65 Å². The van der Waals surface area contributed by atoms with Crippen molar-refractivity contribution >= 4 is 27.1 Å². The summed E-state index contributed by atoms with van der Waals surface area (Å²) in [4.78, 5) is 11.9. The molecule has 0 atom stereocenters. The van der Waals surface area contributed by atoms with Gasteiger partial charge in [0.2, 0.25) is 0 Å². The molecule has 1 fully saturated rings. The predicted molar refractivity (Wildman–Crippen MR) is 66.0 cm³/mol. The quantitative estimate of drug-likeness (QED) is 0.903. The third kappa shape index (κ3) is 2.25. The van der Waals surface area contributed by atoms with Gasteiger partial charge in [0.05, 0.1) is 12.1 Å². The number of imidazole rings is 1. The summed E-state index contributed by atoms with van der Waals surface area (Å²) in [6.45, 7) is 1.90. The Kier molecular flexibility index (Phi) is 2.65. The van der Waals surface area contributed by atoms with Crippen molar-refractivity contribution in [1.82, 2.24) is 20.3 Å². The van der Waals surface area contributed by atoms with Gasteiger partial charge in [-0.3, -0.25) is 0 Å². The minimum absolute atomic E-state index is 0.784. The summed E-state index contributed by atoms with van der Waals surface area (Å²) in [6.07, 6.45) is 4.52. The van der Waals surface area contributed by atoms with Gasteiger partial charge in [-0.1, -0.05) is 0 Å². The second-order valence-corrected chi connectivity index (χ2v) is 5.20. The van der Waals surface area contributed by atoms with Crippen LogP contribution in [0.1, 0.15) is 18.7 Å². The highest BCUT2D eigenvalue weighted by atomic mass is 79.9. The summed E-state index contributed by atoms with van der Waals surface area (Å²) in [7, 11) is 0. The van der Waals surface area contributed by atoms with Crippen molar-refractivity contribution in [3.63, 3.8) is 0 Å². The van der Waals surface area contributed by atoms with E-state index in [0.717, 1.165) is 40.5 Å². The highest BCUT2D eigenvalue weighted by Gasteiger charge is 2.20. The number of nitrogens with zero attached hydrogens (tertiary/aromatic N) is 2. The lowest BCUT2D eigenvalue weighted by Crippen LogP contribution is -2.16. The van der Waals surface area contributed by atoms with E-state index in [1.165, 1.54) is 12.8 Å². The molecule has 0 aromatic carbocycles. The third-order valence-electron chi connectivity index (χ3n) is 2.78. The number of fused-ring (bicyclic) bond motifs is 1. The maximum absolute atomic E-state index is 4.42. The molecular formula is C11H13BrN4. The largest absolute Gasteiger partial charge is 0.339 e. The predicted octanol–water partition coefficient (Wildman–Crippen LogP) is 2.22. The van der Waals surface area contributed by atoms with Crippen molar-refractivity contribution in [3.05, 3.63) is 22.6 Å². The molecule has 1 aliphatic carbocycles. The zero-order valence-electron chi connectivity index (χ0n) is 8.83. The molecule has 2 aromatic rings. The topological polar surface area (TPSA) is 53.6 Å². The monoisotopic (exact) mass is 280 g/mol. The molecule has 4 nitrogen and oxygen atoms in total. The van der Waals surface area contributed by atoms with Gasteiger partial charge in [0.1, 0.15) is 5.82 Å². The van der Waals surface area contributed by atoms with Gasteiger partial charge >= 0.3 is 0 Å². The van der Waals surface area contributed by atoms with Gasteiger partial charge in [-0.05, 0) is 47.3 Å². The molecule has 84 valence electrons. The molecule has 0 amide bonds. The van der Waals surface area contributed by atoms with Crippen LogP contribution in [0.2, 0.25) is 0 Å². The molecule has 5 heteroatoms. The third-order valence-corrected chi connectivity index (χ3v) is 3.21. The minimum atomic E-state index is 0.784. The van der Waals surface area contributed by atoms with Crippen LogP contribution in [0.4, 0.5) is 0 Å². The van der Waals surface area contributed by atoms with E-state index in [4.69, 9.17) is 0 Å². The summed E-state index contributed by atoms with van der Waals surface area (Å²) >= 11 is 3.40. The van der Waals surface area contributed by atoms with Crippen molar-refractivity contribution in [2.24, 2.45) is 5.92 Å². The van der Waals surface area contributed by atoms with Crippen LogP contribution in [0.3, 0.4) is 0 Å². The van der Waals surface area contributed by atoms with Crippen molar-refractivity contribution < 1.29 is 0 Å². The van der Waals surface area contributed by atoms with Gasteiger partial charge in [-0.25, -0.2) is 9.97 Å². The molecular weight excluding hydrogens is 268 g/mol. The molecule has 1 aliphatic rings. The van der Waals surface area contributed by atoms with Crippen LogP contribution >= 0.6 is 15.9 Å². The first kappa shape index (κ1) is 10.2. The van der Waals surface area contributed by atoms with Crippen LogP contribution in [0.25, 0.3) is 11.2 Å². The van der Waals surface area contributed by atoms with E-state index in [0.29, 0.717) is 0 Å². The number of hydrogen-bond acceptors (Lipinski definition) is 3. The minimum Gasteiger partial charge on any atom is -0.339 e. The van der Waals surface area contributed by atoms with Crippen molar-refractivity contribution in [1.29, 1.82) is 0 Å². The molecule has 3 rings (SSSR count). The smallest absolute Gasteiger partial charge is 0.177 e. The zero-order chi connectivity index (χ0) is 11.0. The lowest BCUT2D eigenvalue weighted by atomic mass is 10.4. The average Bonchev–Trinajstić information content (AvgIpc) is 2.98. The average molecular weight is 281 g/mol. The van der Waals surface area contributed by atoms with Crippen LogP contribution < -0.4 is 5.32 Å². The lowest BCUT2D eigenvalue weighted by molar-refractivity contribution is 0.624. The van der Waals surface area contributed by atoms with E-state index < -0.39 is 0 Å². The molecule has 0 bridgehead atoms. The summed E-state index contributed by atoms with van der Waals surface area (Å²) < 4.78 is 0.973. The first-order chi connectivity index (χ1) is 7.81. The second-order valence-electron chi connectivity index (χ2n) is 4.28. The SMILES string of the molecule is Brc1cnc2nc(CNCC3CC3)[nH]c2c1. The fourth-order valence-electron chi connectivity index (χ4n) is 1.72. The highest BCUT2D eigenvalue weighted by Crippen LogP contribution is 2.27. The fourth-order valence-corrected chi connectivity index (χ4v) is 2.06. The van der Waals surface area contributed by atoms with Crippen LogP contribution in [0.15, 0.2) is 16.7 Å². The van der Waals surface area contributed by atoms with Gasteiger partial charge in [-0.15, -0.1) is 0 Å². The molecule has 1 saturated carbocycles. The molecule has 16 heavy (non-hydrogen) atoms. The molecule has 2 N–H and O–H groups in total. The number of halogens is 1. The van der Waals surface area contributed by atoms with Crippen LogP contribution in [0.5, 0.6) is 0 Å². The number of hydrogen-bond donors (Lipinski definition) is 2. The maximum atomic E-state index is 4.42. The Labute approximate surface area is 102 Å². The Hall–Kier alpha value is -0.940.